The molecule has 1 aliphatic rings. The molecule has 0 aromatic carbocycles. The zero-order valence-corrected chi connectivity index (χ0v) is 11.6. The Morgan fingerprint density at radius 2 is 2.20 bits per heavy atom. The van der Waals surface area contributed by atoms with Crippen LogP contribution >= 0.6 is 7.60 Å². The van der Waals surface area contributed by atoms with Gasteiger partial charge in [0, 0.05) is 18.8 Å². The number of nitrogens with zero attached hydrogens (tertiary/aromatic N) is 3. The summed E-state index contributed by atoms with van der Waals surface area (Å²) in [4.78, 5) is 34.9. The van der Waals surface area contributed by atoms with Crippen molar-refractivity contribution in [3.05, 3.63) is 22.7 Å². The Bertz CT molecular complexity index is 585. The Labute approximate surface area is 114 Å². The summed E-state index contributed by atoms with van der Waals surface area (Å²) in [6.07, 6.45) is 1.48. The van der Waals surface area contributed by atoms with Crippen LogP contribution in [0.1, 0.15) is 12.5 Å². The summed E-state index contributed by atoms with van der Waals surface area (Å²) in [5, 5.41) is 9.29. The van der Waals surface area contributed by atoms with Gasteiger partial charge in [-0.05, 0) is 12.5 Å². The van der Waals surface area contributed by atoms with E-state index in [1.807, 2.05) is 0 Å². The highest BCUT2D eigenvalue weighted by atomic mass is 31.2. The van der Waals surface area contributed by atoms with Gasteiger partial charge in [0.05, 0.1) is 12.6 Å². The highest BCUT2D eigenvalue weighted by Crippen LogP contribution is 2.39. The molecule has 2 atom stereocenters. The van der Waals surface area contributed by atoms with E-state index in [0.717, 1.165) is 0 Å². The topological polar surface area (TPSA) is 142 Å². The average molecular weight is 304 g/mol. The summed E-state index contributed by atoms with van der Waals surface area (Å²) in [5.74, 6) is 0.120. The van der Waals surface area contributed by atoms with Gasteiger partial charge in [-0.15, -0.1) is 0 Å². The second-order valence-electron chi connectivity index (χ2n) is 4.85. The summed E-state index contributed by atoms with van der Waals surface area (Å²) in [6, 6.07) is 0.803. The van der Waals surface area contributed by atoms with Gasteiger partial charge in [-0.3, -0.25) is 14.0 Å². The van der Waals surface area contributed by atoms with E-state index in [1.165, 1.54) is 21.7 Å². The lowest BCUT2D eigenvalue weighted by Crippen LogP contribution is -2.33. The van der Waals surface area contributed by atoms with E-state index in [4.69, 9.17) is 15.5 Å². The van der Waals surface area contributed by atoms with Crippen molar-refractivity contribution in [3.63, 3.8) is 0 Å². The fourth-order valence-electron chi connectivity index (χ4n) is 2.46. The third kappa shape index (κ3) is 3.44. The van der Waals surface area contributed by atoms with Crippen molar-refractivity contribution in [3.8, 4) is 0 Å². The molecule has 0 unspecified atom stereocenters. The van der Waals surface area contributed by atoms with E-state index in [2.05, 4.69) is 4.98 Å². The van der Waals surface area contributed by atoms with E-state index in [1.54, 1.807) is 0 Å². The molecule has 2 rings (SSSR count). The van der Waals surface area contributed by atoms with E-state index in [0.29, 0.717) is 6.42 Å². The van der Waals surface area contributed by atoms with Crippen LogP contribution in [0.25, 0.3) is 0 Å². The number of anilines is 1. The molecule has 5 N–H and O–H groups in total. The number of rotatable bonds is 4. The number of hydrogen-bond donors (Lipinski definition) is 4. The highest BCUT2D eigenvalue weighted by molar-refractivity contribution is 7.51. The zero-order chi connectivity index (χ0) is 14.9. The molecule has 10 heteroatoms. The highest BCUT2D eigenvalue weighted by Gasteiger charge is 2.36. The van der Waals surface area contributed by atoms with Crippen LogP contribution in [-0.2, 0) is 4.57 Å². The Morgan fingerprint density at radius 3 is 2.75 bits per heavy atom. The maximum Gasteiger partial charge on any atom is 0.349 e. The number of aliphatic hydroxyl groups is 1. The van der Waals surface area contributed by atoms with Crippen molar-refractivity contribution in [2.24, 2.45) is 0 Å². The first-order chi connectivity index (χ1) is 9.30. The normalized spacial score (nSPS) is 24.1. The quantitative estimate of drug-likeness (QED) is 0.496. The first kappa shape index (κ1) is 15.1. The van der Waals surface area contributed by atoms with E-state index < -0.39 is 25.6 Å². The molecule has 0 radical (unpaired) electrons. The summed E-state index contributed by atoms with van der Waals surface area (Å²) < 4.78 is 12.5. The molecule has 0 amide bonds. The first-order valence-corrected chi connectivity index (χ1v) is 7.84. The Balaban J connectivity index is 2.20. The number of nitrogens with two attached hydrogens (primary N) is 1. The van der Waals surface area contributed by atoms with Crippen LogP contribution in [0.4, 0.5) is 5.82 Å². The zero-order valence-electron chi connectivity index (χ0n) is 10.7. The minimum Gasteiger partial charge on any atom is -0.395 e. The maximum atomic E-state index is 11.8. The predicted octanol–water partition coefficient (Wildman–Crippen LogP) is -1.43. The molecule has 0 spiro atoms. The molecule has 0 saturated carbocycles. The van der Waals surface area contributed by atoms with Crippen LogP contribution in [0.3, 0.4) is 0 Å². The Kier molecular flexibility index (Phi) is 4.26. The molecule has 1 aromatic rings. The van der Waals surface area contributed by atoms with Crippen LogP contribution in [0.5, 0.6) is 0 Å². The monoisotopic (exact) mass is 304 g/mol. The van der Waals surface area contributed by atoms with Crippen LogP contribution in [0.2, 0.25) is 0 Å². The van der Waals surface area contributed by atoms with Crippen molar-refractivity contribution in [2.75, 3.05) is 25.2 Å². The van der Waals surface area contributed by atoms with E-state index in [-0.39, 0.29) is 25.0 Å². The molecule has 1 saturated heterocycles. The molecule has 20 heavy (non-hydrogen) atoms. The molecule has 0 bridgehead atoms. The van der Waals surface area contributed by atoms with Crippen LogP contribution in [0, 0.1) is 0 Å². The van der Waals surface area contributed by atoms with Gasteiger partial charge >= 0.3 is 13.3 Å². The van der Waals surface area contributed by atoms with Gasteiger partial charge in [0.2, 0.25) is 0 Å². The molecule has 1 fully saturated rings. The lowest BCUT2D eigenvalue weighted by molar-refractivity contribution is 0.168. The summed E-state index contributed by atoms with van der Waals surface area (Å²) in [5.41, 5.74) is 4.90. The number of aliphatic hydroxyl groups excluding tert-OH is 1. The van der Waals surface area contributed by atoms with Crippen LogP contribution in [-0.4, -0.2) is 54.8 Å². The van der Waals surface area contributed by atoms with Crippen molar-refractivity contribution < 1.29 is 19.5 Å². The molecule has 1 aromatic heterocycles. The third-order valence-electron chi connectivity index (χ3n) is 3.33. The van der Waals surface area contributed by atoms with Crippen molar-refractivity contribution in [2.45, 2.75) is 18.5 Å². The minimum atomic E-state index is -4.21. The minimum absolute atomic E-state index is 0.120. The molecule has 112 valence electrons. The van der Waals surface area contributed by atoms with E-state index >= 15 is 0 Å². The van der Waals surface area contributed by atoms with Crippen molar-refractivity contribution in [1.82, 2.24) is 14.5 Å². The van der Waals surface area contributed by atoms with E-state index in [9.17, 15) is 14.5 Å². The smallest absolute Gasteiger partial charge is 0.349 e. The Morgan fingerprint density at radius 1 is 1.50 bits per heavy atom. The molecular formula is C10H17N4O5P. The number of hydrogen-bond acceptors (Lipinski definition) is 6. The lowest BCUT2D eigenvalue weighted by atomic mass is 10.2. The second-order valence-corrected chi connectivity index (χ2v) is 6.46. The van der Waals surface area contributed by atoms with Crippen LogP contribution in [0.15, 0.2) is 17.1 Å². The average Bonchev–Trinajstić information content (AvgIpc) is 2.69. The standard InChI is InChI=1S/C10H17N4O5P/c11-9-1-2-14(10(16)12-9)7-3-8(5-15)13(4-7)6-20(17,18)19/h1-2,7-8,15H,3-6H2,(H2,11,12,16)(H2,17,18,19)/t7-,8-/m0/s1. The number of likely N-dealkylation sites (tertiary alicyclic amines) is 1. The first-order valence-electron chi connectivity index (χ1n) is 6.04. The van der Waals surface area contributed by atoms with Crippen LogP contribution < -0.4 is 11.4 Å². The largest absolute Gasteiger partial charge is 0.395 e. The summed E-state index contributed by atoms with van der Waals surface area (Å²) in [6.45, 7) is 0.0372. The van der Waals surface area contributed by atoms with Gasteiger partial charge in [0.25, 0.3) is 0 Å². The molecule has 9 nitrogen and oxygen atoms in total. The maximum absolute atomic E-state index is 11.8. The van der Waals surface area contributed by atoms with Gasteiger partial charge in [-0.25, -0.2) is 4.79 Å². The van der Waals surface area contributed by atoms with Gasteiger partial charge in [-0.2, -0.15) is 4.98 Å². The molecular weight excluding hydrogens is 287 g/mol. The number of nitrogen functional groups attached to an aromatic ring is 1. The van der Waals surface area contributed by atoms with Gasteiger partial charge in [-0.1, -0.05) is 0 Å². The fraction of sp³-hybridized carbons (Fsp3) is 0.600. The third-order valence-corrected chi connectivity index (χ3v) is 4.06. The summed E-state index contributed by atoms with van der Waals surface area (Å²) in [7, 11) is -4.21. The lowest BCUT2D eigenvalue weighted by Gasteiger charge is -2.22. The molecule has 1 aliphatic heterocycles. The molecule has 2 heterocycles. The predicted molar refractivity (Wildman–Crippen MR) is 71.1 cm³/mol. The number of aromatic nitrogens is 2. The SMILES string of the molecule is Nc1ccn([C@H]2C[C@@H](CO)N(CP(=O)(O)O)C2)c(=O)n1. The second kappa shape index (κ2) is 5.63. The summed E-state index contributed by atoms with van der Waals surface area (Å²) >= 11 is 0. The van der Waals surface area contributed by atoms with Gasteiger partial charge in [0.15, 0.2) is 0 Å². The molecule has 0 aliphatic carbocycles. The van der Waals surface area contributed by atoms with Gasteiger partial charge < -0.3 is 20.6 Å². The fourth-order valence-corrected chi connectivity index (χ4v) is 3.28. The Hall–Kier alpha value is -1.25. The van der Waals surface area contributed by atoms with Crippen molar-refractivity contribution in [1.29, 1.82) is 0 Å². The van der Waals surface area contributed by atoms with Crippen molar-refractivity contribution >= 4 is 13.4 Å². The van der Waals surface area contributed by atoms with Gasteiger partial charge in [0.1, 0.15) is 12.1 Å².